The van der Waals surface area contributed by atoms with Crippen molar-refractivity contribution in [3.8, 4) is 11.5 Å². The summed E-state index contributed by atoms with van der Waals surface area (Å²) in [7, 11) is 3.10. The van der Waals surface area contributed by atoms with Gasteiger partial charge >= 0.3 is 0 Å². The first-order valence-corrected chi connectivity index (χ1v) is 9.84. The minimum absolute atomic E-state index is 0.0687. The van der Waals surface area contributed by atoms with E-state index < -0.39 is 0 Å². The van der Waals surface area contributed by atoms with Gasteiger partial charge in [0.05, 0.1) is 20.8 Å². The second kappa shape index (κ2) is 8.10. The number of aromatic nitrogens is 3. The van der Waals surface area contributed by atoms with Crippen LogP contribution in [-0.2, 0) is 13.1 Å². The number of fused-ring (bicyclic) bond motifs is 1. The van der Waals surface area contributed by atoms with Crippen molar-refractivity contribution in [3.05, 3.63) is 35.4 Å². The Hall–Kier alpha value is -3.10. The minimum atomic E-state index is -0.139. The van der Waals surface area contributed by atoms with E-state index in [1.807, 2.05) is 9.47 Å². The van der Waals surface area contributed by atoms with Gasteiger partial charge in [-0.2, -0.15) is 0 Å². The molecule has 1 aromatic heterocycles. The third kappa shape index (κ3) is 3.76. The van der Waals surface area contributed by atoms with E-state index >= 15 is 0 Å². The van der Waals surface area contributed by atoms with Gasteiger partial charge in [0, 0.05) is 37.8 Å². The fourth-order valence-electron chi connectivity index (χ4n) is 3.84. The molecule has 0 atom stereocenters. The lowest BCUT2D eigenvalue weighted by atomic mass is 10.1. The molecule has 1 aromatic carbocycles. The van der Waals surface area contributed by atoms with Gasteiger partial charge in [-0.25, -0.2) is 0 Å². The predicted octanol–water partition coefficient (Wildman–Crippen LogP) is 1.58. The van der Waals surface area contributed by atoms with Crippen LogP contribution in [0, 0.1) is 0 Å². The first-order chi connectivity index (χ1) is 14.1. The lowest BCUT2D eigenvalue weighted by Gasteiger charge is -2.29. The zero-order chi connectivity index (χ0) is 20.4. The Kier molecular flexibility index (Phi) is 5.37. The number of amides is 2. The zero-order valence-corrected chi connectivity index (χ0v) is 16.8. The molecule has 29 heavy (non-hydrogen) atoms. The van der Waals surface area contributed by atoms with Gasteiger partial charge < -0.3 is 23.8 Å². The lowest BCUT2D eigenvalue weighted by Crippen LogP contribution is -2.41. The number of ether oxygens (including phenoxy) is 2. The number of piperidine rings is 1. The summed E-state index contributed by atoms with van der Waals surface area (Å²) in [5, 5.41) is 8.33. The molecule has 4 rings (SSSR count). The summed E-state index contributed by atoms with van der Waals surface area (Å²) in [6.45, 7) is 2.80. The van der Waals surface area contributed by atoms with Gasteiger partial charge in [-0.05, 0) is 31.4 Å². The third-order valence-electron chi connectivity index (χ3n) is 5.47. The summed E-state index contributed by atoms with van der Waals surface area (Å²) < 4.78 is 12.4. The normalized spacial score (nSPS) is 16.3. The summed E-state index contributed by atoms with van der Waals surface area (Å²) in [4.78, 5) is 29.4. The Morgan fingerprint density at radius 3 is 2.17 bits per heavy atom. The Bertz CT molecular complexity index is 897. The molecule has 1 saturated heterocycles. The van der Waals surface area contributed by atoms with Gasteiger partial charge in [0.15, 0.2) is 5.82 Å². The summed E-state index contributed by atoms with van der Waals surface area (Å²) in [6.07, 6.45) is 3.21. The van der Waals surface area contributed by atoms with Crippen molar-refractivity contribution in [1.29, 1.82) is 0 Å². The molecule has 2 aromatic rings. The average Bonchev–Trinajstić information content (AvgIpc) is 3.21. The molecule has 0 spiro atoms. The third-order valence-corrected chi connectivity index (χ3v) is 5.47. The molecule has 0 unspecified atom stereocenters. The number of hydrogen-bond donors (Lipinski definition) is 0. The van der Waals surface area contributed by atoms with Crippen LogP contribution in [0.3, 0.4) is 0 Å². The van der Waals surface area contributed by atoms with Gasteiger partial charge in [0.25, 0.3) is 11.8 Å². The quantitative estimate of drug-likeness (QED) is 0.775. The summed E-state index contributed by atoms with van der Waals surface area (Å²) in [5.74, 6) is 1.91. The smallest absolute Gasteiger partial charge is 0.291 e. The van der Waals surface area contributed by atoms with Crippen LogP contribution >= 0.6 is 0 Å². The molecule has 2 aliphatic heterocycles. The van der Waals surface area contributed by atoms with E-state index in [1.165, 1.54) is 0 Å². The Balaban J connectivity index is 1.52. The first kappa shape index (κ1) is 19.2. The van der Waals surface area contributed by atoms with Gasteiger partial charge in [-0.15, -0.1) is 10.2 Å². The highest BCUT2D eigenvalue weighted by molar-refractivity contribution is 5.95. The second-order valence-corrected chi connectivity index (χ2v) is 7.27. The number of methoxy groups -OCH3 is 2. The van der Waals surface area contributed by atoms with Crippen molar-refractivity contribution in [2.75, 3.05) is 33.9 Å². The Labute approximate surface area is 169 Å². The van der Waals surface area contributed by atoms with E-state index in [2.05, 4.69) is 10.2 Å². The number of likely N-dealkylation sites (tertiary alicyclic amines) is 1. The molecular weight excluding hydrogens is 374 g/mol. The molecule has 0 saturated carbocycles. The molecule has 154 valence electrons. The number of benzene rings is 1. The maximum Gasteiger partial charge on any atom is 0.291 e. The van der Waals surface area contributed by atoms with Crippen molar-refractivity contribution in [2.45, 2.75) is 32.4 Å². The largest absolute Gasteiger partial charge is 0.497 e. The SMILES string of the molecule is COc1cc(OC)cc(C(=O)N2CCn3c(nnc3C(=O)N3CCCCC3)C2)c1. The van der Waals surface area contributed by atoms with E-state index in [0.29, 0.717) is 48.3 Å². The summed E-state index contributed by atoms with van der Waals surface area (Å²) in [6, 6.07) is 5.10. The van der Waals surface area contributed by atoms with E-state index in [-0.39, 0.29) is 11.8 Å². The van der Waals surface area contributed by atoms with Crippen LogP contribution in [0.15, 0.2) is 18.2 Å². The fraction of sp³-hybridized carbons (Fsp3) is 0.500. The van der Waals surface area contributed by atoms with E-state index in [1.54, 1.807) is 37.3 Å². The molecule has 2 amide bonds. The van der Waals surface area contributed by atoms with Crippen molar-refractivity contribution in [2.24, 2.45) is 0 Å². The van der Waals surface area contributed by atoms with Crippen LogP contribution in [0.2, 0.25) is 0 Å². The van der Waals surface area contributed by atoms with Crippen LogP contribution < -0.4 is 9.47 Å². The van der Waals surface area contributed by atoms with Crippen LogP contribution in [-0.4, -0.2) is 70.2 Å². The van der Waals surface area contributed by atoms with Gasteiger partial charge in [0.1, 0.15) is 11.5 Å². The number of hydrogen-bond acceptors (Lipinski definition) is 6. The lowest BCUT2D eigenvalue weighted by molar-refractivity contribution is 0.0684. The van der Waals surface area contributed by atoms with Gasteiger partial charge in [0.2, 0.25) is 5.82 Å². The number of rotatable bonds is 4. The summed E-state index contributed by atoms with van der Waals surface area (Å²) >= 11 is 0. The van der Waals surface area contributed by atoms with Crippen LogP contribution in [0.1, 0.15) is 46.1 Å². The predicted molar refractivity (Wildman–Crippen MR) is 104 cm³/mol. The molecule has 0 bridgehead atoms. The molecule has 0 radical (unpaired) electrons. The van der Waals surface area contributed by atoms with Crippen molar-refractivity contribution >= 4 is 11.8 Å². The standard InChI is InChI=1S/C20H25N5O4/c1-28-15-10-14(11-16(12-15)29-2)19(26)24-8-9-25-17(13-24)21-22-18(25)20(27)23-6-4-3-5-7-23/h10-12H,3-9,13H2,1-2H3. The van der Waals surface area contributed by atoms with Crippen LogP contribution in [0.5, 0.6) is 11.5 Å². The van der Waals surface area contributed by atoms with E-state index in [9.17, 15) is 9.59 Å². The molecule has 0 aliphatic carbocycles. The average molecular weight is 399 g/mol. The molecule has 1 fully saturated rings. The van der Waals surface area contributed by atoms with Gasteiger partial charge in [-0.1, -0.05) is 0 Å². The highest BCUT2D eigenvalue weighted by atomic mass is 16.5. The molecule has 0 N–H and O–H groups in total. The minimum Gasteiger partial charge on any atom is -0.497 e. The van der Waals surface area contributed by atoms with E-state index in [0.717, 1.165) is 32.4 Å². The Morgan fingerprint density at radius 1 is 0.828 bits per heavy atom. The Morgan fingerprint density at radius 2 is 1.52 bits per heavy atom. The van der Waals surface area contributed by atoms with Crippen LogP contribution in [0.4, 0.5) is 0 Å². The highest BCUT2D eigenvalue weighted by Gasteiger charge is 2.30. The number of nitrogens with zero attached hydrogens (tertiary/aromatic N) is 5. The topological polar surface area (TPSA) is 89.8 Å². The number of carbonyl (C=O) groups excluding carboxylic acids is 2. The molecule has 3 heterocycles. The highest BCUT2D eigenvalue weighted by Crippen LogP contribution is 2.25. The van der Waals surface area contributed by atoms with Crippen LogP contribution in [0.25, 0.3) is 0 Å². The molecular formula is C20H25N5O4. The molecule has 9 nitrogen and oxygen atoms in total. The number of carbonyl (C=O) groups is 2. The second-order valence-electron chi connectivity index (χ2n) is 7.27. The van der Waals surface area contributed by atoms with Crippen molar-refractivity contribution < 1.29 is 19.1 Å². The van der Waals surface area contributed by atoms with Crippen molar-refractivity contribution in [3.63, 3.8) is 0 Å². The zero-order valence-electron chi connectivity index (χ0n) is 16.8. The molecule has 9 heteroatoms. The van der Waals surface area contributed by atoms with Gasteiger partial charge in [-0.3, -0.25) is 9.59 Å². The maximum absolute atomic E-state index is 13.0. The maximum atomic E-state index is 13.0. The molecule has 2 aliphatic rings. The first-order valence-electron chi connectivity index (χ1n) is 9.84. The monoisotopic (exact) mass is 399 g/mol. The van der Waals surface area contributed by atoms with E-state index in [4.69, 9.17) is 9.47 Å². The van der Waals surface area contributed by atoms with Crippen molar-refractivity contribution in [1.82, 2.24) is 24.6 Å². The summed E-state index contributed by atoms with van der Waals surface area (Å²) in [5.41, 5.74) is 0.485. The fourth-order valence-corrected chi connectivity index (χ4v) is 3.84.